The van der Waals surface area contributed by atoms with Crippen LogP contribution in [-0.4, -0.2) is 27.1 Å². The molecule has 0 aliphatic rings. The van der Waals surface area contributed by atoms with Gasteiger partial charge in [0.15, 0.2) is 0 Å². The van der Waals surface area contributed by atoms with Crippen LogP contribution >= 0.6 is 11.3 Å². The highest BCUT2D eigenvalue weighted by molar-refractivity contribution is 7.21. The first kappa shape index (κ1) is 18.2. The van der Waals surface area contributed by atoms with E-state index in [1.165, 1.54) is 11.3 Å². The molecule has 0 unspecified atom stereocenters. The zero-order valence-electron chi connectivity index (χ0n) is 15.9. The molecular formula is C21H21N5OS. The molecule has 1 aromatic carbocycles. The first-order valence-corrected chi connectivity index (χ1v) is 9.89. The number of anilines is 2. The smallest absolute Gasteiger partial charge is 0.263 e. The Labute approximate surface area is 167 Å². The number of rotatable bonds is 5. The number of aryl methyl sites for hydroxylation is 1. The molecule has 0 spiro atoms. The summed E-state index contributed by atoms with van der Waals surface area (Å²) in [5, 5.41) is 14.5. The van der Waals surface area contributed by atoms with E-state index in [-0.39, 0.29) is 11.9 Å². The molecule has 28 heavy (non-hydrogen) atoms. The van der Waals surface area contributed by atoms with Crippen molar-refractivity contribution >= 4 is 38.7 Å². The number of aromatic amines is 1. The van der Waals surface area contributed by atoms with E-state index in [2.05, 4.69) is 25.8 Å². The number of carbonyl (C=O) groups excluding carboxylic acids is 1. The van der Waals surface area contributed by atoms with Crippen molar-refractivity contribution in [3.8, 4) is 11.3 Å². The summed E-state index contributed by atoms with van der Waals surface area (Å²) < 4.78 is 0.976. The number of amides is 1. The highest BCUT2D eigenvalue weighted by Crippen LogP contribution is 2.37. The third kappa shape index (κ3) is 3.48. The summed E-state index contributed by atoms with van der Waals surface area (Å²) in [5.41, 5.74) is 4.90. The van der Waals surface area contributed by atoms with Gasteiger partial charge in [-0.3, -0.25) is 14.9 Å². The van der Waals surface area contributed by atoms with Gasteiger partial charge in [0, 0.05) is 29.5 Å². The number of H-pyrrole nitrogens is 1. The van der Waals surface area contributed by atoms with Crippen LogP contribution in [0.1, 0.15) is 29.1 Å². The Bertz CT molecular complexity index is 1130. The van der Waals surface area contributed by atoms with E-state index in [1.54, 1.807) is 12.4 Å². The molecule has 3 N–H and O–H groups in total. The first-order chi connectivity index (χ1) is 13.5. The van der Waals surface area contributed by atoms with Crippen molar-refractivity contribution in [2.24, 2.45) is 0 Å². The maximum Gasteiger partial charge on any atom is 0.263 e. The average Bonchev–Trinajstić information content (AvgIpc) is 3.26. The van der Waals surface area contributed by atoms with Crippen LogP contribution in [0, 0.1) is 6.92 Å². The molecule has 3 heterocycles. The standard InChI is InChI=1S/C21H21N5OS/c1-12(2)24-21(27)20-19(16-8-9-22-11-17(16)28-20)25-15-6-4-14(5-7-15)18-13(3)10-23-26-18/h4-12,25H,1-3H3,(H,23,26)(H,24,27). The van der Waals surface area contributed by atoms with Crippen molar-refractivity contribution in [2.45, 2.75) is 26.8 Å². The van der Waals surface area contributed by atoms with Gasteiger partial charge in [0.2, 0.25) is 0 Å². The second-order valence-electron chi connectivity index (χ2n) is 6.94. The number of thiophene rings is 1. The normalized spacial score (nSPS) is 11.1. The van der Waals surface area contributed by atoms with Crippen molar-refractivity contribution in [3.05, 3.63) is 59.4 Å². The lowest BCUT2D eigenvalue weighted by Crippen LogP contribution is -2.29. The van der Waals surface area contributed by atoms with Crippen molar-refractivity contribution < 1.29 is 4.79 Å². The van der Waals surface area contributed by atoms with Gasteiger partial charge in [-0.05, 0) is 50.1 Å². The molecule has 0 radical (unpaired) electrons. The predicted molar refractivity (Wildman–Crippen MR) is 114 cm³/mol. The zero-order valence-corrected chi connectivity index (χ0v) is 16.7. The van der Waals surface area contributed by atoms with Gasteiger partial charge < -0.3 is 10.6 Å². The number of nitrogens with zero attached hydrogens (tertiary/aromatic N) is 2. The van der Waals surface area contributed by atoms with Gasteiger partial charge in [0.1, 0.15) is 4.88 Å². The van der Waals surface area contributed by atoms with E-state index in [0.29, 0.717) is 4.88 Å². The van der Waals surface area contributed by atoms with Crippen LogP contribution in [0.2, 0.25) is 0 Å². The van der Waals surface area contributed by atoms with E-state index >= 15 is 0 Å². The monoisotopic (exact) mass is 391 g/mol. The number of fused-ring (bicyclic) bond motifs is 1. The van der Waals surface area contributed by atoms with E-state index in [0.717, 1.165) is 38.3 Å². The Kier molecular flexibility index (Phi) is 4.83. The number of hydrogen-bond acceptors (Lipinski definition) is 5. The highest BCUT2D eigenvalue weighted by atomic mass is 32.1. The molecule has 1 amide bonds. The molecule has 142 valence electrons. The molecule has 4 rings (SSSR count). The van der Waals surface area contributed by atoms with Gasteiger partial charge in [-0.15, -0.1) is 11.3 Å². The lowest BCUT2D eigenvalue weighted by molar-refractivity contribution is 0.0948. The van der Waals surface area contributed by atoms with Crippen molar-refractivity contribution in [3.63, 3.8) is 0 Å². The molecule has 0 aliphatic heterocycles. The first-order valence-electron chi connectivity index (χ1n) is 9.07. The van der Waals surface area contributed by atoms with Gasteiger partial charge in [-0.25, -0.2) is 0 Å². The Hall–Kier alpha value is -3.19. The van der Waals surface area contributed by atoms with Crippen LogP contribution in [0.15, 0.2) is 48.9 Å². The van der Waals surface area contributed by atoms with E-state index < -0.39 is 0 Å². The molecule has 6 nitrogen and oxygen atoms in total. The second-order valence-corrected chi connectivity index (χ2v) is 7.99. The van der Waals surface area contributed by atoms with Crippen molar-refractivity contribution in [2.75, 3.05) is 5.32 Å². The number of hydrogen-bond donors (Lipinski definition) is 3. The zero-order chi connectivity index (χ0) is 19.7. The minimum absolute atomic E-state index is 0.0700. The summed E-state index contributed by atoms with van der Waals surface area (Å²) in [7, 11) is 0. The molecular weight excluding hydrogens is 370 g/mol. The van der Waals surface area contributed by atoms with Crippen LogP contribution in [0.5, 0.6) is 0 Å². The number of benzene rings is 1. The number of carbonyl (C=O) groups is 1. The number of nitrogens with one attached hydrogen (secondary N) is 3. The summed E-state index contributed by atoms with van der Waals surface area (Å²) in [6.07, 6.45) is 5.35. The summed E-state index contributed by atoms with van der Waals surface area (Å²) in [4.78, 5) is 17.6. The lowest BCUT2D eigenvalue weighted by atomic mass is 10.1. The van der Waals surface area contributed by atoms with Gasteiger partial charge >= 0.3 is 0 Å². The molecule has 0 saturated heterocycles. The molecule has 4 aromatic rings. The van der Waals surface area contributed by atoms with Crippen LogP contribution in [0.3, 0.4) is 0 Å². The van der Waals surface area contributed by atoms with Gasteiger partial charge in [0.25, 0.3) is 5.91 Å². The SMILES string of the molecule is Cc1cn[nH]c1-c1ccc(Nc2c(C(=O)NC(C)C)sc3cnccc23)cc1. The van der Waals surface area contributed by atoms with Crippen LogP contribution in [-0.2, 0) is 0 Å². The highest BCUT2D eigenvalue weighted by Gasteiger charge is 2.19. The topological polar surface area (TPSA) is 82.7 Å². The van der Waals surface area contributed by atoms with Gasteiger partial charge in [-0.2, -0.15) is 5.10 Å². The summed E-state index contributed by atoms with van der Waals surface area (Å²) in [6, 6.07) is 10.1. The molecule has 0 fully saturated rings. The number of pyridine rings is 1. The molecule has 0 atom stereocenters. The maximum absolute atomic E-state index is 12.7. The summed E-state index contributed by atoms with van der Waals surface area (Å²) in [6.45, 7) is 5.93. The minimum atomic E-state index is -0.0802. The Balaban J connectivity index is 1.69. The molecule has 0 saturated carbocycles. The minimum Gasteiger partial charge on any atom is -0.354 e. The maximum atomic E-state index is 12.7. The lowest BCUT2D eigenvalue weighted by Gasteiger charge is -2.11. The fourth-order valence-electron chi connectivity index (χ4n) is 3.07. The fourth-order valence-corrected chi connectivity index (χ4v) is 4.09. The third-order valence-electron chi connectivity index (χ3n) is 4.39. The van der Waals surface area contributed by atoms with Crippen LogP contribution < -0.4 is 10.6 Å². The number of aromatic nitrogens is 3. The largest absolute Gasteiger partial charge is 0.354 e. The van der Waals surface area contributed by atoms with E-state index in [1.807, 2.05) is 57.3 Å². The average molecular weight is 392 g/mol. The molecule has 3 aromatic heterocycles. The Morgan fingerprint density at radius 2 is 1.93 bits per heavy atom. The summed E-state index contributed by atoms with van der Waals surface area (Å²) >= 11 is 1.45. The predicted octanol–water partition coefficient (Wildman–Crippen LogP) is 4.88. The summed E-state index contributed by atoms with van der Waals surface area (Å²) in [5.74, 6) is -0.0802. The van der Waals surface area contributed by atoms with E-state index in [9.17, 15) is 4.79 Å². The Morgan fingerprint density at radius 1 is 1.14 bits per heavy atom. The van der Waals surface area contributed by atoms with Crippen molar-refractivity contribution in [1.82, 2.24) is 20.5 Å². The molecule has 0 aliphatic carbocycles. The third-order valence-corrected chi connectivity index (χ3v) is 5.53. The Morgan fingerprint density at radius 3 is 2.61 bits per heavy atom. The van der Waals surface area contributed by atoms with Gasteiger partial charge in [-0.1, -0.05) is 12.1 Å². The van der Waals surface area contributed by atoms with E-state index in [4.69, 9.17) is 0 Å². The van der Waals surface area contributed by atoms with Gasteiger partial charge in [0.05, 0.1) is 22.3 Å². The second kappa shape index (κ2) is 7.44. The van der Waals surface area contributed by atoms with Crippen molar-refractivity contribution in [1.29, 1.82) is 0 Å². The fraction of sp³-hybridized carbons (Fsp3) is 0.190. The van der Waals surface area contributed by atoms with Crippen LogP contribution in [0.4, 0.5) is 11.4 Å². The van der Waals surface area contributed by atoms with Crippen LogP contribution in [0.25, 0.3) is 21.3 Å². The molecule has 0 bridgehead atoms. The molecule has 7 heteroatoms. The quantitative estimate of drug-likeness (QED) is 0.453.